The molecule has 0 atom stereocenters. The molecule has 0 bridgehead atoms. The predicted molar refractivity (Wildman–Crippen MR) is 92.6 cm³/mol. The lowest BCUT2D eigenvalue weighted by Crippen LogP contribution is -2.07. The number of aromatic nitrogens is 3. The highest BCUT2D eigenvalue weighted by atomic mass is 16.5. The molecule has 0 unspecified atom stereocenters. The van der Waals surface area contributed by atoms with Crippen LogP contribution < -0.4 is 0 Å². The number of fused-ring (bicyclic) bond motifs is 1. The van der Waals surface area contributed by atoms with Crippen molar-refractivity contribution in [3.05, 3.63) is 71.0 Å². The molecule has 0 radical (unpaired) electrons. The minimum absolute atomic E-state index is 0.277. The van der Waals surface area contributed by atoms with Gasteiger partial charge < -0.3 is 4.74 Å². The molecule has 0 spiro atoms. The van der Waals surface area contributed by atoms with E-state index in [2.05, 4.69) is 39.3 Å². The number of esters is 1. The number of aromatic amines is 1. The van der Waals surface area contributed by atoms with E-state index in [0.29, 0.717) is 11.4 Å². The Bertz CT molecular complexity index is 888. The minimum atomic E-state index is -0.332. The van der Waals surface area contributed by atoms with Gasteiger partial charge in [0.25, 0.3) is 0 Å². The van der Waals surface area contributed by atoms with E-state index in [1.165, 1.54) is 17.5 Å². The number of rotatable bonds is 4. The van der Waals surface area contributed by atoms with E-state index in [-0.39, 0.29) is 12.6 Å². The molecule has 0 aliphatic carbocycles. The van der Waals surface area contributed by atoms with Gasteiger partial charge in [-0.2, -0.15) is 5.10 Å². The zero-order valence-corrected chi connectivity index (χ0v) is 13.9. The van der Waals surface area contributed by atoms with Crippen LogP contribution in [-0.2, 0) is 24.4 Å². The number of benzene rings is 2. The third kappa shape index (κ3) is 3.29. The van der Waals surface area contributed by atoms with E-state index in [9.17, 15) is 4.79 Å². The number of ether oxygens (including phenoxy) is 1. The van der Waals surface area contributed by atoms with Crippen molar-refractivity contribution in [1.29, 1.82) is 0 Å². The van der Waals surface area contributed by atoms with Gasteiger partial charge in [-0.3, -0.25) is 10.00 Å². The quantitative estimate of drug-likeness (QED) is 0.743. The third-order valence-electron chi connectivity index (χ3n) is 4.33. The lowest BCUT2D eigenvalue weighted by Gasteiger charge is -2.07. The fourth-order valence-corrected chi connectivity index (χ4v) is 3.05. The van der Waals surface area contributed by atoms with E-state index in [4.69, 9.17) is 4.74 Å². The van der Waals surface area contributed by atoms with Crippen molar-refractivity contribution in [2.24, 2.45) is 0 Å². The summed E-state index contributed by atoms with van der Waals surface area (Å²) in [6.07, 6.45) is 1.45. The summed E-state index contributed by atoms with van der Waals surface area (Å²) in [5, 5.41) is 6.61. The van der Waals surface area contributed by atoms with Crippen LogP contribution in [0.3, 0.4) is 0 Å². The molecular formula is C19H18N4O2. The first-order valence-electron chi connectivity index (χ1n) is 8.11. The smallest absolute Gasteiger partial charge is 0.338 e. The topological polar surface area (TPSA) is 71.1 Å². The highest BCUT2D eigenvalue weighted by Gasteiger charge is 2.16. The Labute approximate surface area is 145 Å². The summed E-state index contributed by atoms with van der Waals surface area (Å²) in [5.74, 6) is 0.338. The molecule has 3 aromatic rings. The van der Waals surface area contributed by atoms with Crippen molar-refractivity contribution in [1.82, 2.24) is 20.1 Å². The standard InChI is InChI=1S/C19H18N4O2/c1-23-9-16-3-2-13(8-17(16)10-23)11-25-19(24)15-6-4-14(5-7-15)18-20-12-21-22-18/h2-8,12H,9-11H2,1H3,(H,20,21,22). The second kappa shape index (κ2) is 6.49. The van der Waals surface area contributed by atoms with Gasteiger partial charge in [0.15, 0.2) is 5.82 Å². The second-order valence-corrected chi connectivity index (χ2v) is 6.26. The Morgan fingerprint density at radius 2 is 1.96 bits per heavy atom. The summed E-state index contributed by atoms with van der Waals surface area (Å²) < 4.78 is 5.44. The molecule has 1 aromatic heterocycles. The van der Waals surface area contributed by atoms with Gasteiger partial charge in [0.05, 0.1) is 5.56 Å². The summed E-state index contributed by atoms with van der Waals surface area (Å²) >= 11 is 0. The summed E-state index contributed by atoms with van der Waals surface area (Å²) in [6.45, 7) is 2.20. The van der Waals surface area contributed by atoms with Crippen LogP contribution in [0.5, 0.6) is 0 Å². The zero-order valence-electron chi connectivity index (χ0n) is 13.9. The second-order valence-electron chi connectivity index (χ2n) is 6.26. The minimum Gasteiger partial charge on any atom is -0.457 e. The first kappa shape index (κ1) is 15.5. The van der Waals surface area contributed by atoms with Gasteiger partial charge in [-0.25, -0.2) is 9.78 Å². The number of nitrogens with zero attached hydrogens (tertiary/aromatic N) is 3. The number of H-pyrrole nitrogens is 1. The van der Waals surface area contributed by atoms with Crippen molar-refractivity contribution in [2.75, 3.05) is 7.05 Å². The van der Waals surface area contributed by atoms with Crippen LogP contribution in [-0.4, -0.2) is 33.1 Å². The largest absolute Gasteiger partial charge is 0.457 e. The summed E-state index contributed by atoms with van der Waals surface area (Å²) in [7, 11) is 2.10. The maximum atomic E-state index is 12.2. The van der Waals surface area contributed by atoms with Gasteiger partial charge in [0.1, 0.15) is 12.9 Å². The number of hydrogen-bond donors (Lipinski definition) is 1. The maximum absolute atomic E-state index is 12.2. The Morgan fingerprint density at radius 3 is 2.72 bits per heavy atom. The van der Waals surface area contributed by atoms with Gasteiger partial charge in [0, 0.05) is 18.7 Å². The Balaban J connectivity index is 1.40. The van der Waals surface area contributed by atoms with Gasteiger partial charge in [-0.05, 0) is 35.9 Å². The molecule has 0 saturated carbocycles. The number of carbonyl (C=O) groups excluding carboxylic acids is 1. The average molecular weight is 334 g/mol. The van der Waals surface area contributed by atoms with Gasteiger partial charge in [0.2, 0.25) is 0 Å². The fraction of sp³-hybridized carbons (Fsp3) is 0.211. The van der Waals surface area contributed by atoms with E-state index in [0.717, 1.165) is 24.2 Å². The van der Waals surface area contributed by atoms with Gasteiger partial charge in [-0.15, -0.1) is 0 Å². The number of hydrogen-bond acceptors (Lipinski definition) is 5. The van der Waals surface area contributed by atoms with Crippen LogP contribution in [0, 0.1) is 0 Å². The van der Waals surface area contributed by atoms with Crippen LogP contribution in [0.15, 0.2) is 48.8 Å². The van der Waals surface area contributed by atoms with E-state index >= 15 is 0 Å². The first-order chi connectivity index (χ1) is 12.2. The van der Waals surface area contributed by atoms with Crippen molar-refractivity contribution in [3.63, 3.8) is 0 Å². The molecule has 4 rings (SSSR count). The molecule has 0 saturated heterocycles. The Morgan fingerprint density at radius 1 is 1.16 bits per heavy atom. The van der Waals surface area contributed by atoms with Crippen molar-refractivity contribution in [3.8, 4) is 11.4 Å². The number of nitrogens with one attached hydrogen (secondary N) is 1. The van der Waals surface area contributed by atoms with Crippen LogP contribution in [0.1, 0.15) is 27.0 Å². The van der Waals surface area contributed by atoms with Crippen molar-refractivity contribution < 1.29 is 9.53 Å². The molecule has 1 N–H and O–H groups in total. The third-order valence-corrected chi connectivity index (χ3v) is 4.33. The van der Waals surface area contributed by atoms with Crippen LogP contribution >= 0.6 is 0 Å². The molecule has 2 aromatic carbocycles. The average Bonchev–Trinajstić information content (AvgIpc) is 3.28. The lowest BCUT2D eigenvalue weighted by atomic mass is 10.1. The molecule has 1 aliphatic heterocycles. The maximum Gasteiger partial charge on any atom is 0.338 e. The van der Waals surface area contributed by atoms with E-state index in [1.807, 2.05) is 18.2 Å². The monoisotopic (exact) mass is 334 g/mol. The normalized spacial score (nSPS) is 13.6. The van der Waals surface area contributed by atoms with E-state index < -0.39 is 0 Å². The SMILES string of the molecule is CN1Cc2ccc(COC(=O)c3ccc(-c4ncn[nH]4)cc3)cc2C1. The van der Waals surface area contributed by atoms with Crippen molar-refractivity contribution >= 4 is 5.97 Å². The fourth-order valence-electron chi connectivity index (χ4n) is 3.05. The highest BCUT2D eigenvalue weighted by molar-refractivity contribution is 5.89. The molecular weight excluding hydrogens is 316 g/mol. The predicted octanol–water partition coefficient (Wildman–Crippen LogP) is 2.77. The van der Waals surface area contributed by atoms with Crippen LogP contribution in [0.25, 0.3) is 11.4 Å². The molecule has 0 amide bonds. The number of carbonyl (C=O) groups is 1. The zero-order chi connectivity index (χ0) is 17.2. The highest BCUT2D eigenvalue weighted by Crippen LogP contribution is 2.23. The van der Waals surface area contributed by atoms with Gasteiger partial charge in [-0.1, -0.05) is 30.3 Å². The molecule has 2 heterocycles. The Hall–Kier alpha value is -2.99. The van der Waals surface area contributed by atoms with Gasteiger partial charge >= 0.3 is 5.97 Å². The molecule has 6 heteroatoms. The summed E-state index contributed by atoms with van der Waals surface area (Å²) in [6, 6.07) is 13.4. The summed E-state index contributed by atoms with van der Waals surface area (Å²) in [5.41, 5.74) is 5.06. The lowest BCUT2D eigenvalue weighted by molar-refractivity contribution is 0.0472. The van der Waals surface area contributed by atoms with Crippen molar-refractivity contribution in [2.45, 2.75) is 19.7 Å². The molecule has 6 nitrogen and oxygen atoms in total. The molecule has 0 fully saturated rings. The Kier molecular flexibility index (Phi) is 4.03. The molecule has 1 aliphatic rings. The molecule has 25 heavy (non-hydrogen) atoms. The summed E-state index contributed by atoms with van der Waals surface area (Å²) in [4.78, 5) is 18.6. The molecule has 126 valence electrons. The van der Waals surface area contributed by atoms with E-state index in [1.54, 1.807) is 12.1 Å². The first-order valence-corrected chi connectivity index (χ1v) is 8.11. The van der Waals surface area contributed by atoms with Crippen LogP contribution in [0.2, 0.25) is 0 Å². The van der Waals surface area contributed by atoms with Crippen LogP contribution in [0.4, 0.5) is 0 Å².